The van der Waals surface area contributed by atoms with Crippen molar-refractivity contribution in [3.8, 4) is 11.5 Å². The molecule has 7 heteroatoms. The molecule has 0 saturated carbocycles. The molecule has 1 saturated heterocycles. The van der Waals surface area contributed by atoms with E-state index in [-0.39, 0.29) is 17.4 Å². The van der Waals surface area contributed by atoms with Crippen molar-refractivity contribution < 1.29 is 19.4 Å². The Labute approximate surface area is 185 Å². The van der Waals surface area contributed by atoms with Gasteiger partial charge in [0.25, 0.3) is 5.91 Å². The van der Waals surface area contributed by atoms with Crippen molar-refractivity contribution in [2.45, 2.75) is 26.4 Å². The molecule has 1 atom stereocenters. The zero-order valence-corrected chi connectivity index (χ0v) is 18.3. The van der Waals surface area contributed by atoms with Gasteiger partial charge < -0.3 is 9.84 Å². The predicted octanol–water partition coefficient (Wildman–Crippen LogP) is 4.93. The molecular weight excluding hydrogens is 412 g/mol. The molecule has 6 nitrogen and oxygen atoms in total. The second-order valence-electron chi connectivity index (χ2n) is 6.89. The van der Waals surface area contributed by atoms with E-state index in [2.05, 4.69) is 11.6 Å². The van der Waals surface area contributed by atoms with E-state index in [1.54, 1.807) is 36.4 Å². The number of Topliss-reactive ketones (excluding diaryl/α,β-unsaturated/α-hetero) is 1. The lowest BCUT2D eigenvalue weighted by Gasteiger charge is -2.16. The van der Waals surface area contributed by atoms with E-state index < -0.39 is 6.10 Å². The van der Waals surface area contributed by atoms with Crippen LogP contribution in [0.5, 0.6) is 11.5 Å². The average molecular weight is 437 g/mol. The fourth-order valence-electron chi connectivity index (χ4n) is 3.01. The van der Waals surface area contributed by atoms with Crippen molar-refractivity contribution >= 4 is 40.4 Å². The molecule has 0 spiro atoms. The van der Waals surface area contributed by atoms with Gasteiger partial charge in [-0.2, -0.15) is 0 Å². The lowest BCUT2D eigenvalue weighted by atomic mass is 10.1. The Hall–Kier alpha value is -3.32. The van der Waals surface area contributed by atoms with Crippen LogP contribution in [0.15, 0.2) is 71.1 Å². The monoisotopic (exact) mass is 436 g/mol. The number of ketones is 1. The number of ether oxygens (including phenoxy) is 1. The first-order valence-electron chi connectivity index (χ1n) is 9.89. The Morgan fingerprint density at radius 1 is 1.29 bits per heavy atom. The first kappa shape index (κ1) is 22.4. The van der Waals surface area contributed by atoms with Crippen LogP contribution in [0, 0.1) is 0 Å². The third-order valence-electron chi connectivity index (χ3n) is 4.55. The minimum Gasteiger partial charge on any atom is -0.508 e. The van der Waals surface area contributed by atoms with E-state index in [9.17, 15) is 14.7 Å². The van der Waals surface area contributed by atoms with Crippen LogP contribution >= 0.6 is 11.8 Å². The van der Waals surface area contributed by atoms with E-state index in [1.807, 2.05) is 25.1 Å². The number of amides is 1. The van der Waals surface area contributed by atoms with Crippen LogP contribution < -0.4 is 4.74 Å². The molecule has 2 aromatic carbocycles. The summed E-state index contributed by atoms with van der Waals surface area (Å²) < 4.78 is 5.91. The summed E-state index contributed by atoms with van der Waals surface area (Å²) in [5.41, 5.74) is 1.25. The molecule has 1 aliphatic heterocycles. The summed E-state index contributed by atoms with van der Waals surface area (Å²) in [5.74, 6) is 0.398. The van der Waals surface area contributed by atoms with Gasteiger partial charge in [-0.05, 0) is 49.4 Å². The molecule has 1 amide bonds. The number of thioether (sulfide) groups is 1. The zero-order chi connectivity index (χ0) is 22.4. The highest BCUT2D eigenvalue weighted by Gasteiger charge is 2.33. The molecule has 1 N–H and O–H groups in total. The number of carbonyl (C=O) groups is 2. The van der Waals surface area contributed by atoms with Crippen LogP contribution in [0.3, 0.4) is 0 Å². The molecule has 31 heavy (non-hydrogen) atoms. The smallest absolute Gasteiger partial charge is 0.267 e. The number of carbonyl (C=O) groups excluding carboxylic acids is 2. The third kappa shape index (κ3) is 5.44. The summed E-state index contributed by atoms with van der Waals surface area (Å²) >= 11 is 1.24. The SMILES string of the molecule is C=CCN1C(=O)/C(=C/c2ccccc2OC(CC)C(C)=O)SC1=Nc1cccc(O)c1. The molecule has 1 heterocycles. The summed E-state index contributed by atoms with van der Waals surface area (Å²) in [7, 11) is 0. The van der Waals surface area contributed by atoms with Gasteiger partial charge in [0.2, 0.25) is 0 Å². The van der Waals surface area contributed by atoms with Crippen molar-refractivity contribution in [2.24, 2.45) is 4.99 Å². The number of phenols is 1. The number of benzene rings is 2. The molecule has 0 bridgehead atoms. The highest BCUT2D eigenvalue weighted by molar-refractivity contribution is 8.18. The van der Waals surface area contributed by atoms with E-state index >= 15 is 0 Å². The second kappa shape index (κ2) is 10.1. The maximum atomic E-state index is 13.0. The van der Waals surface area contributed by atoms with Crippen LogP contribution in [0.2, 0.25) is 0 Å². The fraction of sp³-hybridized carbons (Fsp3) is 0.208. The number of aliphatic imine (C=N–C) groups is 1. The summed E-state index contributed by atoms with van der Waals surface area (Å²) in [6.07, 6.45) is 3.40. The summed E-state index contributed by atoms with van der Waals surface area (Å²) in [4.78, 5) is 31.4. The molecule has 0 radical (unpaired) electrons. The third-order valence-corrected chi connectivity index (χ3v) is 5.56. The number of amidine groups is 1. The van der Waals surface area contributed by atoms with Gasteiger partial charge in [-0.3, -0.25) is 14.5 Å². The second-order valence-corrected chi connectivity index (χ2v) is 7.90. The minimum absolute atomic E-state index is 0.0473. The molecule has 0 aromatic heterocycles. The topological polar surface area (TPSA) is 79.2 Å². The van der Waals surface area contributed by atoms with Gasteiger partial charge in [0.15, 0.2) is 17.1 Å². The molecule has 2 aromatic rings. The summed E-state index contributed by atoms with van der Waals surface area (Å²) in [6, 6.07) is 13.8. The maximum Gasteiger partial charge on any atom is 0.267 e. The lowest BCUT2D eigenvalue weighted by molar-refractivity contribution is -0.124. The standard InChI is InChI=1S/C24H24N2O4S/c1-4-13-26-23(29)22(31-24(26)25-18-10-8-11-19(28)15-18)14-17-9-6-7-12-21(17)30-20(5-2)16(3)27/h4,6-12,14-15,20,28H,1,5,13H2,2-3H3/b22-14-,25-24?. The maximum absolute atomic E-state index is 13.0. The molecule has 1 unspecified atom stereocenters. The zero-order valence-electron chi connectivity index (χ0n) is 17.4. The highest BCUT2D eigenvalue weighted by atomic mass is 32.2. The number of hydrogen-bond acceptors (Lipinski definition) is 6. The van der Waals surface area contributed by atoms with Crippen molar-refractivity contribution in [3.05, 3.63) is 71.7 Å². The average Bonchev–Trinajstić information content (AvgIpc) is 3.02. The number of rotatable bonds is 8. The lowest BCUT2D eigenvalue weighted by Crippen LogP contribution is -2.29. The van der Waals surface area contributed by atoms with Crippen molar-refractivity contribution in [2.75, 3.05) is 6.54 Å². The van der Waals surface area contributed by atoms with Crippen LogP contribution in [-0.4, -0.2) is 39.5 Å². The summed E-state index contributed by atoms with van der Waals surface area (Å²) in [6.45, 7) is 7.43. The van der Waals surface area contributed by atoms with E-state index in [4.69, 9.17) is 4.74 Å². The van der Waals surface area contributed by atoms with Gasteiger partial charge in [-0.15, -0.1) is 6.58 Å². The van der Waals surface area contributed by atoms with Gasteiger partial charge in [0.05, 0.1) is 10.6 Å². The molecule has 160 valence electrons. The Kier molecular flexibility index (Phi) is 7.31. The molecule has 0 aliphatic carbocycles. The van der Waals surface area contributed by atoms with Gasteiger partial charge in [0.1, 0.15) is 11.5 Å². The normalized spacial score (nSPS) is 17.2. The van der Waals surface area contributed by atoms with Crippen LogP contribution in [-0.2, 0) is 9.59 Å². The Morgan fingerprint density at radius 2 is 2.06 bits per heavy atom. The first-order valence-corrected chi connectivity index (χ1v) is 10.7. The largest absolute Gasteiger partial charge is 0.508 e. The van der Waals surface area contributed by atoms with Gasteiger partial charge >= 0.3 is 0 Å². The quantitative estimate of drug-likeness (QED) is 0.469. The Balaban J connectivity index is 1.95. The highest BCUT2D eigenvalue weighted by Crippen LogP contribution is 2.36. The van der Waals surface area contributed by atoms with E-state index in [1.165, 1.54) is 29.7 Å². The Bertz CT molecular complexity index is 1060. The van der Waals surface area contributed by atoms with Crippen molar-refractivity contribution in [3.63, 3.8) is 0 Å². The fourth-order valence-corrected chi connectivity index (χ4v) is 4.01. The molecule has 3 rings (SSSR count). The van der Waals surface area contributed by atoms with Crippen molar-refractivity contribution in [1.82, 2.24) is 4.90 Å². The van der Waals surface area contributed by atoms with E-state index in [0.717, 1.165) is 0 Å². The predicted molar refractivity (Wildman–Crippen MR) is 125 cm³/mol. The van der Waals surface area contributed by atoms with Gasteiger partial charge in [-0.1, -0.05) is 37.3 Å². The number of aromatic hydroxyl groups is 1. The van der Waals surface area contributed by atoms with Crippen LogP contribution in [0.25, 0.3) is 6.08 Å². The Morgan fingerprint density at radius 3 is 2.74 bits per heavy atom. The van der Waals surface area contributed by atoms with Crippen LogP contribution in [0.4, 0.5) is 5.69 Å². The van der Waals surface area contributed by atoms with Crippen molar-refractivity contribution in [1.29, 1.82) is 0 Å². The van der Waals surface area contributed by atoms with E-state index in [0.29, 0.717) is 40.0 Å². The minimum atomic E-state index is -0.536. The molecule has 1 aliphatic rings. The van der Waals surface area contributed by atoms with Gasteiger partial charge in [-0.25, -0.2) is 4.99 Å². The number of nitrogens with zero attached hydrogens (tertiary/aromatic N) is 2. The number of hydrogen-bond donors (Lipinski definition) is 1. The van der Waals surface area contributed by atoms with Gasteiger partial charge in [0, 0.05) is 18.2 Å². The number of phenolic OH excluding ortho intramolecular Hbond substituents is 1. The van der Waals surface area contributed by atoms with Crippen LogP contribution in [0.1, 0.15) is 25.8 Å². The number of para-hydroxylation sites is 1. The molecular formula is C24H24N2O4S. The summed E-state index contributed by atoms with van der Waals surface area (Å²) in [5, 5.41) is 10.2. The molecule has 1 fully saturated rings. The first-order chi connectivity index (χ1) is 14.9.